The van der Waals surface area contributed by atoms with Gasteiger partial charge < -0.3 is 14.9 Å². The van der Waals surface area contributed by atoms with Crippen LogP contribution in [0, 0.1) is 0 Å². The zero-order valence-corrected chi connectivity index (χ0v) is 21.0. The van der Waals surface area contributed by atoms with Gasteiger partial charge in [-0.25, -0.2) is 0 Å². The van der Waals surface area contributed by atoms with Crippen LogP contribution < -0.4 is 0 Å². The molecule has 0 bridgehead atoms. The summed E-state index contributed by atoms with van der Waals surface area (Å²) in [5, 5.41) is 11.0. The minimum Gasteiger partial charge on any atom is -0.392 e. The maximum Gasteiger partial charge on any atom is 0.222 e. The standard InChI is InChI=1S/C27H33Cl2N3O2/c28-24-7-6-21(14-25(24)29)27(11-13-30-16-22(17-30)31-12-9-23(33)18-31)10-8-26(34)32(19-27)15-20-4-2-1-3-5-20/h1-7,14,22-23,33H,8-13,15-19H2. The van der Waals surface area contributed by atoms with E-state index in [1.54, 1.807) is 0 Å². The predicted molar refractivity (Wildman–Crippen MR) is 136 cm³/mol. The third kappa shape index (κ3) is 5.14. The van der Waals surface area contributed by atoms with Gasteiger partial charge in [-0.1, -0.05) is 59.6 Å². The lowest BCUT2D eigenvalue weighted by Crippen LogP contribution is -2.60. The summed E-state index contributed by atoms with van der Waals surface area (Å²) in [7, 11) is 0. The molecule has 3 heterocycles. The smallest absolute Gasteiger partial charge is 0.222 e. The number of carbonyl (C=O) groups excluding carboxylic acids is 1. The molecule has 182 valence electrons. The largest absolute Gasteiger partial charge is 0.392 e. The number of aliphatic hydroxyl groups excluding tert-OH is 1. The first-order chi connectivity index (χ1) is 16.4. The van der Waals surface area contributed by atoms with Crippen LogP contribution in [0.1, 0.15) is 36.8 Å². The van der Waals surface area contributed by atoms with Crippen LogP contribution in [-0.2, 0) is 16.8 Å². The highest BCUT2D eigenvalue weighted by Crippen LogP contribution is 2.41. The van der Waals surface area contributed by atoms with Crippen molar-refractivity contribution in [1.82, 2.24) is 14.7 Å². The van der Waals surface area contributed by atoms with E-state index in [0.717, 1.165) is 57.5 Å². The molecule has 2 aromatic rings. The van der Waals surface area contributed by atoms with E-state index in [-0.39, 0.29) is 17.4 Å². The Labute approximate surface area is 212 Å². The van der Waals surface area contributed by atoms with Crippen LogP contribution in [-0.4, -0.2) is 77.1 Å². The van der Waals surface area contributed by atoms with Crippen LogP contribution in [0.2, 0.25) is 10.0 Å². The number of piperidine rings is 1. The van der Waals surface area contributed by atoms with Crippen molar-refractivity contribution in [2.24, 2.45) is 0 Å². The van der Waals surface area contributed by atoms with Crippen LogP contribution in [0.15, 0.2) is 48.5 Å². The molecule has 1 N–H and O–H groups in total. The number of aliphatic hydroxyl groups is 1. The van der Waals surface area contributed by atoms with E-state index < -0.39 is 0 Å². The summed E-state index contributed by atoms with van der Waals surface area (Å²) in [5.74, 6) is 0.219. The summed E-state index contributed by atoms with van der Waals surface area (Å²) < 4.78 is 0. The Hall–Kier alpha value is -1.63. The van der Waals surface area contributed by atoms with Crippen molar-refractivity contribution in [2.45, 2.75) is 49.8 Å². The number of carbonyl (C=O) groups is 1. The normalized spacial score (nSPS) is 26.7. The van der Waals surface area contributed by atoms with Crippen LogP contribution in [0.3, 0.4) is 0 Å². The van der Waals surface area contributed by atoms with E-state index in [9.17, 15) is 9.90 Å². The van der Waals surface area contributed by atoms with Crippen LogP contribution in [0.5, 0.6) is 0 Å². The average molecular weight is 502 g/mol. The van der Waals surface area contributed by atoms with Crippen molar-refractivity contribution in [2.75, 3.05) is 39.3 Å². The molecule has 0 radical (unpaired) electrons. The fourth-order valence-corrected chi connectivity index (χ4v) is 6.12. The van der Waals surface area contributed by atoms with Gasteiger partial charge in [-0.15, -0.1) is 0 Å². The molecule has 3 aliphatic rings. The first kappa shape index (κ1) is 24.1. The molecule has 3 aliphatic heterocycles. The van der Waals surface area contributed by atoms with Crippen molar-refractivity contribution < 1.29 is 9.90 Å². The summed E-state index contributed by atoms with van der Waals surface area (Å²) in [6.07, 6.45) is 3.06. The third-order valence-corrected chi connectivity index (χ3v) is 8.71. The van der Waals surface area contributed by atoms with Gasteiger partial charge >= 0.3 is 0 Å². The number of amides is 1. The predicted octanol–water partition coefficient (Wildman–Crippen LogP) is 4.19. The molecule has 0 aliphatic carbocycles. The Bertz CT molecular complexity index is 1010. The van der Waals surface area contributed by atoms with E-state index in [0.29, 0.717) is 35.6 Å². The topological polar surface area (TPSA) is 47.0 Å². The lowest BCUT2D eigenvalue weighted by molar-refractivity contribution is -0.136. The summed E-state index contributed by atoms with van der Waals surface area (Å²) in [4.78, 5) is 19.9. The van der Waals surface area contributed by atoms with Gasteiger partial charge in [-0.05, 0) is 49.1 Å². The monoisotopic (exact) mass is 501 g/mol. The first-order valence-corrected chi connectivity index (χ1v) is 13.1. The van der Waals surface area contributed by atoms with Gasteiger partial charge in [-0.3, -0.25) is 9.69 Å². The van der Waals surface area contributed by atoms with Gasteiger partial charge in [0.25, 0.3) is 0 Å². The fraction of sp³-hybridized carbons (Fsp3) is 0.519. The Balaban J connectivity index is 1.31. The van der Waals surface area contributed by atoms with Crippen molar-refractivity contribution >= 4 is 29.1 Å². The maximum atomic E-state index is 12.9. The highest BCUT2D eigenvalue weighted by atomic mass is 35.5. The number of β-amino-alcohol motifs (C(OH)–C–C–N with tert-alkyl or cyclic N) is 1. The molecule has 2 unspecified atom stereocenters. The lowest BCUT2D eigenvalue weighted by Gasteiger charge is -2.48. The average Bonchev–Trinajstić information content (AvgIpc) is 3.23. The minimum atomic E-state index is -0.164. The first-order valence-electron chi connectivity index (χ1n) is 12.3. The number of halogens is 2. The molecule has 1 amide bonds. The second kappa shape index (κ2) is 10.2. The zero-order chi connectivity index (χ0) is 23.7. The molecule has 3 saturated heterocycles. The molecule has 2 atom stereocenters. The van der Waals surface area contributed by atoms with Crippen LogP contribution in [0.4, 0.5) is 0 Å². The molecular formula is C27H33Cl2N3O2. The summed E-state index contributed by atoms with van der Waals surface area (Å²) >= 11 is 12.7. The molecule has 2 aromatic carbocycles. The Kier molecular flexibility index (Phi) is 7.19. The van der Waals surface area contributed by atoms with Crippen molar-refractivity contribution in [3.05, 3.63) is 69.7 Å². The molecule has 34 heavy (non-hydrogen) atoms. The van der Waals surface area contributed by atoms with Crippen LogP contribution in [0.25, 0.3) is 0 Å². The van der Waals surface area contributed by atoms with E-state index in [4.69, 9.17) is 23.2 Å². The molecule has 3 fully saturated rings. The highest BCUT2D eigenvalue weighted by Gasteiger charge is 2.42. The van der Waals surface area contributed by atoms with E-state index in [2.05, 4.69) is 28.0 Å². The van der Waals surface area contributed by atoms with Gasteiger partial charge in [-0.2, -0.15) is 0 Å². The second-order valence-electron chi connectivity index (χ2n) is 10.2. The number of likely N-dealkylation sites (tertiary alicyclic amines) is 3. The lowest BCUT2D eigenvalue weighted by atomic mass is 9.71. The van der Waals surface area contributed by atoms with Crippen molar-refractivity contribution in [1.29, 1.82) is 0 Å². The molecular weight excluding hydrogens is 469 g/mol. The summed E-state index contributed by atoms with van der Waals surface area (Å²) in [6, 6.07) is 16.8. The Morgan fingerprint density at radius 2 is 1.82 bits per heavy atom. The second-order valence-corrected chi connectivity index (χ2v) is 11.1. The van der Waals surface area contributed by atoms with Crippen molar-refractivity contribution in [3.8, 4) is 0 Å². The SMILES string of the molecule is O=C1CCC(CCN2CC(N3CCC(O)C3)C2)(c2ccc(Cl)c(Cl)c2)CN1Cc1ccccc1. The third-order valence-electron chi connectivity index (χ3n) is 7.97. The molecule has 0 aromatic heterocycles. The van der Waals surface area contributed by atoms with Gasteiger partial charge in [0, 0.05) is 57.1 Å². The molecule has 7 heteroatoms. The minimum absolute atomic E-state index is 0.147. The maximum absolute atomic E-state index is 12.9. The number of benzene rings is 2. The molecule has 0 saturated carbocycles. The fourth-order valence-electron chi connectivity index (χ4n) is 5.82. The number of hydrogen-bond acceptors (Lipinski definition) is 4. The van der Waals surface area contributed by atoms with Crippen molar-refractivity contribution in [3.63, 3.8) is 0 Å². The van der Waals surface area contributed by atoms with E-state index in [1.807, 2.05) is 35.2 Å². The number of hydrogen-bond donors (Lipinski definition) is 1. The molecule has 0 spiro atoms. The summed E-state index contributed by atoms with van der Waals surface area (Å²) in [5.41, 5.74) is 2.18. The quantitative estimate of drug-likeness (QED) is 0.617. The van der Waals surface area contributed by atoms with E-state index in [1.165, 1.54) is 5.56 Å². The van der Waals surface area contributed by atoms with Gasteiger partial charge in [0.2, 0.25) is 5.91 Å². The van der Waals surface area contributed by atoms with Gasteiger partial charge in [0.15, 0.2) is 0 Å². The van der Waals surface area contributed by atoms with E-state index >= 15 is 0 Å². The Morgan fingerprint density at radius 1 is 1.03 bits per heavy atom. The zero-order valence-electron chi connectivity index (χ0n) is 19.5. The Morgan fingerprint density at radius 3 is 2.53 bits per heavy atom. The van der Waals surface area contributed by atoms with Gasteiger partial charge in [0.1, 0.15) is 0 Å². The van der Waals surface area contributed by atoms with Gasteiger partial charge in [0.05, 0.1) is 16.1 Å². The number of nitrogens with zero attached hydrogens (tertiary/aromatic N) is 3. The molecule has 5 nitrogen and oxygen atoms in total. The highest BCUT2D eigenvalue weighted by molar-refractivity contribution is 6.42. The number of rotatable bonds is 7. The molecule has 5 rings (SSSR count). The summed E-state index contributed by atoms with van der Waals surface area (Å²) in [6.45, 7) is 6.22. The van der Waals surface area contributed by atoms with Crippen LogP contribution >= 0.6 is 23.2 Å².